The van der Waals surface area contributed by atoms with Crippen LogP contribution in [0.4, 0.5) is 18.9 Å². The molecule has 0 aliphatic heterocycles. The van der Waals surface area contributed by atoms with Crippen molar-refractivity contribution in [2.75, 3.05) is 18.5 Å². The number of aromatic carboxylic acids is 1. The first kappa shape index (κ1) is 16.3. The summed E-state index contributed by atoms with van der Waals surface area (Å²) in [6, 6.07) is 3.60. The minimum Gasteiger partial charge on any atom is -0.478 e. The summed E-state index contributed by atoms with van der Waals surface area (Å²) < 4.78 is 39.5. The van der Waals surface area contributed by atoms with Gasteiger partial charge in [-0.3, -0.25) is 4.79 Å². The van der Waals surface area contributed by atoms with Crippen molar-refractivity contribution in [2.24, 2.45) is 0 Å². The number of anilines is 1. The van der Waals surface area contributed by atoms with Crippen molar-refractivity contribution < 1.29 is 32.6 Å². The number of ether oxygens (including phenoxy) is 1. The highest BCUT2D eigenvalue weighted by Gasteiger charge is 2.27. The molecule has 0 aromatic heterocycles. The number of carboxylic acids is 1. The van der Waals surface area contributed by atoms with Crippen molar-refractivity contribution in [3.05, 3.63) is 28.8 Å². The number of rotatable bonds is 5. The summed E-state index contributed by atoms with van der Waals surface area (Å²) in [6.45, 7) is -2.31. The number of carbonyl (C=O) groups is 2. The van der Waals surface area contributed by atoms with Crippen LogP contribution in [0.5, 0.6) is 0 Å². The molecule has 1 aromatic rings. The first-order valence-corrected chi connectivity index (χ1v) is 5.54. The first-order chi connectivity index (χ1) is 9.19. The third-order valence-corrected chi connectivity index (χ3v) is 2.29. The molecule has 0 unspecified atom stereocenters. The number of nitrogens with one attached hydrogen (secondary N) is 1. The minimum absolute atomic E-state index is 0.105. The smallest absolute Gasteiger partial charge is 0.411 e. The van der Waals surface area contributed by atoms with Crippen molar-refractivity contribution in [1.29, 1.82) is 0 Å². The Balaban J connectivity index is 2.54. The van der Waals surface area contributed by atoms with Gasteiger partial charge in [0, 0.05) is 5.69 Å². The number of alkyl halides is 3. The molecule has 0 spiro atoms. The van der Waals surface area contributed by atoms with Crippen molar-refractivity contribution >= 4 is 29.2 Å². The molecule has 5 nitrogen and oxygen atoms in total. The Morgan fingerprint density at radius 1 is 1.35 bits per heavy atom. The molecule has 1 amide bonds. The van der Waals surface area contributed by atoms with Gasteiger partial charge in [0.15, 0.2) is 0 Å². The van der Waals surface area contributed by atoms with Gasteiger partial charge in [0.1, 0.15) is 13.2 Å². The maximum absolute atomic E-state index is 11.8. The van der Waals surface area contributed by atoms with Gasteiger partial charge in [-0.25, -0.2) is 4.79 Å². The molecule has 20 heavy (non-hydrogen) atoms. The molecule has 0 fully saturated rings. The van der Waals surface area contributed by atoms with Gasteiger partial charge in [-0.15, -0.1) is 0 Å². The van der Waals surface area contributed by atoms with E-state index in [1.807, 2.05) is 0 Å². The number of halogens is 4. The monoisotopic (exact) mass is 311 g/mol. The molecule has 1 rings (SSSR count). The Kier molecular flexibility index (Phi) is 5.34. The van der Waals surface area contributed by atoms with Gasteiger partial charge in [-0.05, 0) is 18.2 Å². The SMILES string of the molecule is O=C(COCC(F)(F)F)Nc1ccc(C(=O)O)c(Cl)c1. The molecule has 0 saturated heterocycles. The molecule has 110 valence electrons. The number of amides is 1. The lowest BCUT2D eigenvalue weighted by atomic mass is 10.2. The molecule has 1 aromatic carbocycles. The summed E-state index contributed by atoms with van der Waals surface area (Å²) in [5, 5.41) is 10.9. The quantitative estimate of drug-likeness (QED) is 0.876. The van der Waals surface area contributed by atoms with Gasteiger partial charge < -0.3 is 15.2 Å². The molecular weight excluding hydrogens is 303 g/mol. The average Bonchev–Trinajstić information content (AvgIpc) is 2.26. The Morgan fingerprint density at radius 2 is 2.00 bits per heavy atom. The standard InChI is InChI=1S/C11H9ClF3NO4/c12-8-3-6(1-2-7(8)10(18)19)16-9(17)4-20-5-11(13,14)15/h1-3H,4-5H2,(H,16,17)(H,18,19). The second kappa shape index (κ2) is 6.58. The third kappa shape index (κ3) is 5.45. The summed E-state index contributed by atoms with van der Waals surface area (Å²) in [4.78, 5) is 22.0. The summed E-state index contributed by atoms with van der Waals surface area (Å²) in [6.07, 6.45) is -4.51. The van der Waals surface area contributed by atoms with Crippen LogP contribution in [0.25, 0.3) is 0 Å². The fourth-order valence-corrected chi connectivity index (χ4v) is 1.48. The molecule has 0 radical (unpaired) electrons. The summed E-state index contributed by atoms with van der Waals surface area (Å²) >= 11 is 5.66. The molecule has 0 bridgehead atoms. The highest BCUT2D eigenvalue weighted by atomic mass is 35.5. The topological polar surface area (TPSA) is 75.6 Å². The van der Waals surface area contributed by atoms with Gasteiger partial charge in [-0.1, -0.05) is 11.6 Å². The summed E-state index contributed by atoms with van der Waals surface area (Å²) in [7, 11) is 0. The molecule has 0 aliphatic carbocycles. The zero-order chi connectivity index (χ0) is 15.3. The van der Waals surface area contributed by atoms with E-state index >= 15 is 0 Å². The lowest BCUT2D eigenvalue weighted by molar-refractivity contribution is -0.174. The fourth-order valence-electron chi connectivity index (χ4n) is 1.22. The number of hydrogen-bond acceptors (Lipinski definition) is 3. The predicted molar refractivity (Wildman–Crippen MR) is 63.9 cm³/mol. The van der Waals surface area contributed by atoms with E-state index in [0.29, 0.717) is 0 Å². The summed E-state index contributed by atoms with van der Waals surface area (Å²) in [5.41, 5.74) is -0.00130. The Hall–Kier alpha value is -1.80. The second-order valence-electron chi connectivity index (χ2n) is 3.66. The van der Waals surface area contributed by atoms with Crippen LogP contribution in [-0.4, -0.2) is 36.4 Å². The predicted octanol–water partition coefficient (Wildman–Crippen LogP) is 2.56. The summed E-state index contributed by atoms with van der Waals surface area (Å²) in [5.74, 6) is -2.05. The van der Waals surface area contributed by atoms with Crippen molar-refractivity contribution in [1.82, 2.24) is 0 Å². The van der Waals surface area contributed by atoms with Crippen LogP contribution in [0.3, 0.4) is 0 Å². The molecule has 0 heterocycles. The van der Waals surface area contributed by atoms with Crippen LogP contribution in [-0.2, 0) is 9.53 Å². The van der Waals surface area contributed by atoms with Crippen molar-refractivity contribution in [3.8, 4) is 0 Å². The van der Waals surface area contributed by atoms with Gasteiger partial charge in [0.05, 0.1) is 10.6 Å². The lowest BCUT2D eigenvalue weighted by Gasteiger charge is -2.09. The highest BCUT2D eigenvalue weighted by molar-refractivity contribution is 6.33. The van der Waals surface area contributed by atoms with E-state index in [4.69, 9.17) is 16.7 Å². The molecule has 0 aliphatic rings. The third-order valence-electron chi connectivity index (χ3n) is 1.98. The molecule has 0 saturated carbocycles. The van der Waals surface area contributed by atoms with E-state index < -0.39 is 31.3 Å². The Labute approximate surface area is 116 Å². The van der Waals surface area contributed by atoms with Crippen LogP contribution >= 0.6 is 11.6 Å². The lowest BCUT2D eigenvalue weighted by Crippen LogP contribution is -2.24. The van der Waals surface area contributed by atoms with Gasteiger partial charge in [0.25, 0.3) is 0 Å². The molecule has 9 heteroatoms. The van der Waals surface area contributed by atoms with Crippen molar-refractivity contribution in [3.63, 3.8) is 0 Å². The van der Waals surface area contributed by atoms with Crippen molar-refractivity contribution in [2.45, 2.75) is 6.18 Å². The molecular formula is C11H9ClF3NO4. The van der Waals surface area contributed by atoms with Crippen LogP contribution in [0.2, 0.25) is 5.02 Å². The number of carboxylic acid groups (broad SMARTS) is 1. The number of benzene rings is 1. The van der Waals surface area contributed by atoms with E-state index in [-0.39, 0.29) is 16.3 Å². The minimum atomic E-state index is -4.51. The largest absolute Gasteiger partial charge is 0.478 e. The zero-order valence-electron chi connectivity index (χ0n) is 9.83. The number of carbonyl (C=O) groups excluding carboxylic acids is 1. The van der Waals surface area contributed by atoms with Crippen LogP contribution in [0, 0.1) is 0 Å². The first-order valence-electron chi connectivity index (χ1n) is 5.16. The van der Waals surface area contributed by atoms with E-state index in [1.165, 1.54) is 12.1 Å². The Morgan fingerprint density at radius 3 is 2.50 bits per heavy atom. The van der Waals surface area contributed by atoms with Crippen LogP contribution in [0.15, 0.2) is 18.2 Å². The Bertz CT molecular complexity index is 519. The van der Waals surface area contributed by atoms with Crippen LogP contribution < -0.4 is 5.32 Å². The maximum Gasteiger partial charge on any atom is 0.411 e. The average molecular weight is 312 g/mol. The van der Waals surface area contributed by atoms with E-state index in [2.05, 4.69) is 10.1 Å². The normalized spacial score (nSPS) is 11.2. The maximum atomic E-state index is 11.8. The van der Waals surface area contributed by atoms with Gasteiger partial charge >= 0.3 is 12.1 Å². The van der Waals surface area contributed by atoms with E-state index in [1.54, 1.807) is 0 Å². The van der Waals surface area contributed by atoms with Gasteiger partial charge in [-0.2, -0.15) is 13.2 Å². The second-order valence-corrected chi connectivity index (χ2v) is 4.06. The highest BCUT2D eigenvalue weighted by Crippen LogP contribution is 2.21. The van der Waals surface area contributed by atoms with E-state index in [0.717, 1.165) is 6.07 Å². The van der Waals surface area contributed by atoms with Crippen LogP contribution in [0.1, 0.15) is 10.4 Å². The molecule has 2 N–H and O–H groups in total. The van der Waals surface area contributed by atoms with E-state index in [9.17, 15) is 22.8 Å². The number of hydrogen-bond donors (Lipinski definition) is 2. The fraction of sp³-hybridized carbons (Fsp3) is 0.273. The zero-order valence-corrected chi connectivity index (χ0v) is 10.6. The van der Waals surface area contributed by atoms with Gasteiger partial charge in [0.2, 0.25) is 5.91 Å². The molecule has 0 atom stereocenters.